The zero-order chi connectivity index (χ0) is 26.1. The van der Waals surface area contributed by atoms with Gasteiger partial charge in [0.05, 0.1) is 23.0 Å². The highest BCUT2D eigenvalue weighted by molar-refractivity contribution is 5.93. The first kappa shape index (κ1) is 24.2. The molecule has 1 aliphatic heterocycles. The minimum Gasteiger partial charge on any atom is -0.366 e. The van der Waals surface area contributed by atoms with E-state index in [1.54, 1.807) is 18.3 Å². The zero-order valence-electron chi connectivity index (χ0n) is 21.7. The number of aryl methyl sites for hydroxylation is 1. The van der Waals surface area contributed by atoms with Crippen molar-refractivity contribution in [1.82, 2.24) is 30.2 Å². The topological polar surface area (TPSA) is 124 Å². The van der Waals surface area contributed by atoms with Gasteiger partial charge >= 0.3 is 0 Å². The van der Waals surface area contributed by atoms with Gasteiger partial charge in [0, 0.05) is 29.4 Å². The van der Waals surface area contributed by atoms with Crippen LogP contribution in [0.15, 0.2) is 42.9 Å². The van der Waals surface area contributed by atoms with Gasteiger partial charge in [-0.05, 0) is 80.9 Å². The summed E-state index contributed by atoms with van der Waals surface area (Å²) < 4.78 is 0. The molecule has 4 aromatic rings. The van der Waals surface area contributed by atoms with Crippen molar-refractivity contribution in [2.45, 2.75) is 51.5 Å². The largest absolute Gasteiger partial charge is 0.366 e. The molecule has 6 rings (SSSR count). The van der Waals surface area contributed by atoms with Crippen LogP contribution in [0.5, 0.6) is 0 Å². The number of fused-ring (bicyclic) bond motifs is 1. The summed E-state index contributed by atoms with van der Waals surface area (Å²) in [6.45, 7) is 6.09. The Morgan fingerprint density at radius 2 is 1.95 bits per heavy atom. The molecule has 38 heavy (non-hydrogen) atoms. The fourth-order valence-corrected chi connectivity index (χ4v) is 5.29. The lowest BCUT2D eigenvalue weighted by Crippen LogP contribution is -2.42. The van der Waals surface area contributed by atoms with Crippen LogP contribution in [0.1, 0.15) is 55.3 Å². The number of anilines is 3. The van der Waals surface area contributed by atoms with Gasteiger partial charge in [0.15, 0.2) is 5.82 Å². The molecule has 9 heteroatoms. The molecule has 2 aliphatic rings. The normalized spacial score (nSPS) is 19.5. The van der Waals surface area contributed by atoms with Crippen LogP contribution in [0.3, 0.4) is 0 Å². The van der Waals surface area contributed by atoms with E-state index in [-0.39, 0.29) is 0 Å². The van der Waals surface area contributed by atoms with E-state index in [2.05, 4.69) is 43.9 Å². The van der Waals surface area contributed by atoms with Crippen molar-refractivity contribution < 1.29 is 0 Å². The summed E-state index contributed by atoms with van der Waals surface area (Å²) in [6, 6.07) is 9.87. The Hall–Kier alpha value is -4.16. The standard InChI is InChI=1S/C29H31N9/c1-17-14-31-10-9-23(17)35-29-27-22(19-4-3-5-19)15-32-16-24(27)36-28(38-29)20-8-11-33-26(12-20)37-25-7-6-21(13-30)18(2)34-25/h6-8,11-12,15-17,19,23,31H,3-5,9-10,14H2,1-2H3,(H,33,34,37)(H,35,36,38)/t17-,23+/m1/s1. The summed E-state index contributed by atoms with van der Waals surface area (Å²) in [6.07, 6.45) is 10.3. The summed E-state index contributed by atoms with van der Waals surface area (Å²) in [5.74, 6) is 3.79. The van der Waals surface area contributed by atoms with Gasteiger partial charge in [-0.1, -0.05) is 13.3 Å². The second-order valence-electron chi connectivity index (χ2n) is 10.4. The number of nitrogens with zero attached hydrogens (tertiary/aromatic N) is 6. The summed E-state index contributed by atoms with van der Waals surface area (Å²) >= 11 is 0. The Kier molecular flexibility index (Phi) is 6.56. The molecule has 1 saturated carbocycles. The Labute approximate surface area is 222 Å². The minimum absolute atomic E-state index is 0.338. The van der Waals surface area contributed by atoms with Crippen molar-refractivity contribution in [2.24, 2.45) is 5.92 Å². The van der Waals surface area contributed by atoms with Gasteiger partial charge in [-0.2, -0.15) is 5.26 Å². The van der Waals surface area contributed by atoms with Crippen LogP contribution in [0.25, 0.3) is 22.3 Å². The Morgan fingerprint density at radius 1 is 1.05 bits per heavy atom. The van der Waals surface area contributed by atoms with Crippen molar-refractivity contribution >= 4 is 28.4 Å². The van der Waals surface area contributed by atoms with Gasteiger partial charge in [-0.15, -0.1) is 0 Å². The maximum atomic E-state index is 9.19. The van der Waals surface area contributed by atoms with Crippen LogP contribution in [0.2, 0.25) is 0 Å². The van der Waals surface area contributed by atoms with Gasteiger partial charge in [-0.25, -0.2) is 19.9 Å². The summed E-state index contributed by atoms with van der Waals surface area (Å²) in [5, 5.41) is 20.8. The second kappa shape index (κ2) is 10.3. The molecule has 1 aliphatic carbocycles. The maximum absolute atomic E-state index is 9.19. The maximum Gasteiger partial charge on any atom is 0.162 e. The fourth-order valence-electron chi connectivity index (χ4n) is 5.29. The molecular weight excluding hydrogens is 474 g/mol. The van der Waals surface area contributed by atoms with Crippen LogP contribution in [0, 0.1) is 24.2 Å². The second-order valence-corrected chi connectivity index (χ2v) is 10.4. The quantitative estimate of drug-likeness (QED) is 0.329. The van der Waals surface area contributed by atoms with E-state index in [1.165, 1.54) is 24.8 Å². The average Bonchev–Trinajstić information content (AvgIpc) is 2.89. The third kappa shape index (κ3) is 4.75. The van der Waals surface area contributed by atoms with Crippen molar-refractivity contribution in [1.29, 1.82) is 5.26 Å². The van der Waals surface area contributed by atoms with Crippen LogP contribution >= 0.6 is 0 Å². The number of pyridine rings is 3. The van der Waals surface area contributed by atoms with Crippen molar-refractivity contribution in [3.63, 3.8) is 0 Å². The van der Waals surface area contributed by atoms with Crippen LogP contribution in [0.4, 0.5) is 17.5 Å². The smallest absolute Gasteiger partial charge is 0.162 e. The first-order valence-corrected chi connectivity index (χ1v) is 13.3. The minimum atomic E-state index is 0.338. The predicted octanol–water partition coefficient (Wildman–Crippen LogP) is 5.08. The molecular formula is C29H31N9. The molecule has 0 bridgehead atoms. The van der Waals surface area contributed by atoms with E-state index in [9.17, 15) is 5.26 Å². The van der Waals surface area contributed by atoms with Crippen LogP contribution < -0.4 is 16.0 Å². The van der Waals surface area contributed by atoms with Gasteiger partial charge in [0.25, 0.3) is 0 Å². The van der Waals surface area contributed by atoms with Gasteiger partial charge < -0.3 is 16.0 Å². The van der Waals surface area contributed by atoms with Crippen molar-refractivity contribution in [3.8, 4) is 17.5 Å². The molecule has 0 unspecified atom stereocenters. The number of hydrogen-bond donors (Lipinski definition) is 3. The monoisotopic (exact) mass is 505 g/mol. The third-order valence-electron chi connectivity index (χ3n) is 7.77. The highest BCUT2D eigenvalue weighted by atomic mass is 15.1. The predicted molar refractivity (Wildman–Crippen MR) is 148 cm³/mol. The fraction of sp³-hybridized carbons (Fsp3) is 0.379. The number of nitriles is 1. The SMILES string of the molecule is Cc1nc(Nc2cc(-c3nc(N[C@H]4CCNC[C@H]4C)c4c(C5CCC5)cncc4n3)ccn2)ccc1C#N. The van der Waals surface area contributed by atoms with E-state index in [0.717, 1.165) is 41.8 Å². The number of nitrogens with one attached hydrogen (secondary N) is 3. The highest BCUT2D eigenvalue weighted by Gasteiger charge is 2.27. The van der Waals surface area contributed by atoms with E-state index < -0.39 is 0 Å². The first-order chi connectivity index (χ1) is 18.6. The first-order valence-electron chi connectivity index (χ1n) is 13.3. The van der Waals surface area contributed by atoms with Gasteiger partial charge in [0.2, 0.25) is 0 Å². The summed E-state index contributed by atoms with van der Waals surface area (Å²) in [7, 11) is 0. The van der Waals surface area contributed by atoms with E-state index in [0.29, 0.717) is 46.6 Å². The molecule has 9 nitrogen and oxygen atoms in total. The van der Waals surface area contributed by atoms with E-state index in [4.69, 9.17) is 9.97 Å². The molecule has 0 amide bonds. The highest BCUT2D eigenvalue weighted by Crippen LogP contribution is 2.41. The Morgan fingerprint density at radius 3 is 2.71 bits per heavy atom. The van der Waals surface area contributed by atoms with Crippen LogP contribution in [-0.2, 0) is 0 Å². The number of aromatic nitrogens is 5. The van der Waals surface area contributed by atoms with Crippen molar-refractivity contribution in [3.05, 3.63) is 59.7 Å². The molecule has 1 saturated heterocycles. The van der Waals surface area contributed by atoms with Crippen molar-refractivity contribution in [2.75, 3.05) is 23.7 Å². The molecule has 2 atom stereocenters. The lowest BCUT2D eigenvalue weighted by Gasteiger charge is -2.32. The number of rotatable bonds is 6. The molecule has 5 heterocycles. The zero-order valence-corrected chi connectivity index (χ0v) is 21.7. The number of hydrogen-bond acceptors (Lipinski definition) is 9. The number of piperidine rings is 1. The lowest BCUT2D eigenvalue weighted by molar-refractivity contribution is 0.368. The Bertz CT molecular complexity index is 1520. The Balaban J connectivity index is 1.39. The van der Waals surface area contributed by atoms with E-state index in [1.807, 2.05) is 31.5 Å². The average molecular weight is 506 g/mol. The summed E-state index contributed by atoms with van der Waals surface area (Å²) in [4.78, 5) is 23.6. The van der Waals surface area contributed by atoms with Gasteiger partial charge in [-0.3, -0.25) is 4.98 Å². The third-order valence-corrected chi connectivity index (χ3v) is 7.77. The molecule has 2 fully saturated rings. The van der Waals surface area contributed by atoms with Gasteiger partial charge in [0.1, 0.15) is 23.5 Å². The van der Waals surface area contributed by atoms with E-state index >= 15 is 0 Å². The molecule has 4 aromatic heterocycles. The molecule has 0 radical (unpaired) electrons. The summed E-state index contributed by atoms with van der Waals surface area (Å²) in [5.41, 5.74) is 4.19. The molecule has 0 spiro atoms. The molecule has 192 valence electrons. The molecule has 3 N–H and O–H groups in total. The van der Waals surface area contributed by atoms with Crippen LogP contribution in [-0.4, -0.2) is 44.1 Å². The molecule has 0 aromatic carbocycles. The lowest BCUT2D eigenvalue weighted by atomic mass is 9.79.